The van der Waals surface area contributed by atoms with Gasteiger partial charge in [-0.25, -0.2) is 4.79 Å². The van der Waals surface area contributed by atoms with Crippen LogP contribution in [0.1, 0.15) is 13.3 Å². The normalized spacial score (nSPS) is 16.2. The van der Waals surface area contributed by atoms with Crippen LogP contribution in [-0.4, -0.2) is 28.2 Å². The molecule has 70 valence electrons. The number of aliphatic hydroxyl groups is 1. The molecule has 4 heteroatoms. The number of hydrogen-bond acceptors (Lipinski definition) is 2. The molecule has 12 heavy (non-hydrogen) atoms. The third kappa shape index (κ3) is 4.36. The van der Waals surface area contributed by atoms with Gasteiger partial charge in [-0.3, -0.25) is 0 Å². The Hall–Kier alpha value is -0.540. The highest BCUT2D eigenvalue weighted by molar-refractivity contribution is 6.18. The van der Waals surface area contributed by atoms with Crippen LogP contribution in [-0.2, 0) is 4.79 Å². The molecule has 0 saturated carbocycles. The van der Waals surface area contributed by atoms with Gasteiger partial charge in [0.05, 0.1) is 6.10 Å². The number of aliphatic hydroxyl groups excluding tert-OH is 1. The smallest absolute Gasteiger partial charge is 0.327 e. The van der Waals surface area contributed by atoms with Crippen molar-refractivity contribution in [3.8, 4) is 0 Å². The zero-order valence-corrected chi connectivity index (χ0v) is 7.66. The van der Waals surface area contributed by atoms with E-state index in [1.807, 2.05) is 6.92 Å². The van der Waals surface area contributed by atoms with E-state index in [4.69, 9.17) is 16.7 Å². The lowest BCUT2D eigenvalue weighted by molar-refractivity contribution is -0.131. The van der Waals surface area contributed by atoms with Crippen LogP contribution < -0.4 is 0 Å². The number of carbonyl (C=O) groups is 1. The van der Waals surface area contributed by atoms with Gasteiger partial charge >= 0.3 is 5.97 Å². The standard InChI is InChI=1S/C8H13ClO3/c1-2-6(7(10)5-9)3-4-8(11)12/h3-4,6-7,10H,2,5H2,1H3,(H,11,12). The Morgan fingerprint density at radius 2 is 2.25 bits per heavy atom. The summed E-state index contributed by atoms with van der Waals surface area (Å²) in [6, 6.07) is 0. The van der Waals surface area contributed by atoms with Crippen LogP contribution in [0.4, 0.5) is 0 Å². The number of rotatable bonds is 5. The second-order valence-corrected chi connectivity index (χ2v) is 2.80. The minimum Gasteiger partial charge on any atom is -0.478 e. The van der Waals surface area contributed by atoms with Gasteiger partial charge in [0, 0.05) is 17.9 Å². The summed E-state index contributed by atoms with van der Waals surface area (Å²) in [6.07, 6.45) is 2.52. The fourth-order valence-electron chi connectivity index (χ4n) is 0.857. The molecule has 0 aromatic rings. The number of alkyl halides is 1. The minimum atomic E-state index is -1.00. The van der Waals surface area contributed by atoms with Gasteiger partial charge in [-0.05, 0) is 6.42 Å². The molecule has 0 aliphatic heterocycles. The van der Waals surface area contributed by atoms with E-state index in [2.05, 4.69) is 0 Å². The molecule has 0 spiro atoms. The van der Waals surface area contributed by atoms with Crippen molar-refractivity contribution in [1.82, 2.24) is 0 Å². The van der Waals surface area contributed by atoms with Gasteiger partial charge in [-0.15, -0.1) is 11.6 Å². The molecule has 0 aliphatic carbocycles. The summed E-state index contributed by atoms with van der Waals surface area (Å²) in [5, 5.41) is 17.6. The van der Waals surface area contributed by atoms with Crippen molar-refractivity contribution >= 4 is 17.6 Å². The van der Waals surface area contributed by atoms with Crippen molar-refractivity contribution in [3.63, 3.8) is 0 Å². The maximum atomic E-state index is 10.1. The third-order valence-electron chi connectivity index (χ3n) is 1.61. The van der Waals surface area contributed by atoms with Gasteiger partial charge in [0.1, 0.15) is 0 Å². The first kappa shape index (κ1) is 11.5. The van der Waals surface area contributed by atoms with Crippen molar-refractivity contribution < 1.29 is 15.0 Å². The van der Waals surface area contributed by atoms with Gasteiger partial charge < -0.3 is 10.2 Å². The average molecular weight is 193 g/mol. The van der Waals surface area contributed by atoms with Gasteiger partial charge in [-0.2, -0.15) is 0 Å². The monoisotopic (exact) mass is 192 g/mol. The van der Waals surface area contributed by atoms with Crippen LogP contribution in [0.15, 0.2) is 12.2 Å². The van der Waals surface area contributed by atoms with E-state index in [0.29, 0.717) is 6.42 Å². The van der Waals surface area contributed by atoms with E-state index in [1.54, 1.807) is 0 Å². The molecule has 0 aliphatic rings. The van der Waals surface area contributed by atoms with E-state index in [1.165, 1.54) is 6.08 Å². The number of carboxylic acid groups (broad SMARTS) is 1. The molecular weight excluding hydrogens is 180 g/mol. The Morgan fingerprint density at radius 1 is 1.67 bits per heavy atom. The van der Waals surface area contributed by atoms with Crippen LogP contribution in [0.25, 0.3) is 0 Å². The highest BCUT2D eigenvalue weighted by atomic mass is 35.5. The first-order valence-corrected chi connectivity index (χ1v) is 4.30. The van der Waals surface area contributed by atoms with E-state index >= 15 is 0 Å². The lowest BCUT2D eigenvalue weighted by atomic mass is 10.0. The van der Waals surface area contributed by atoms with E-state index in [0.717, 1.165) is 6.08 Å². The second kappa shape index (κ2) is 6.03. The summed E-state index contributed by atoms with van der Waals surface area (Å²) in [5.41, 5.74) is 0. The molecule has 0 heterocycles. The first-order chi connectivity index (χ1) is 5.61. The first-order valence-electron chi connectivity index (χ1n) is 3.77. The number of hydrogen-bond donors (Lipinski definition) is 2. The fourth-order valence-corrected chi connectivity index (χ4v) is 1.09. The SMILES string of the molecule is CCC(C=CC(=O)O)C(O)CCl. The quantitative estimate of drug-likeness (QED) is 0.509. The third-order valence-corrected chi connectivity index (χ3v) is 1.93. The lowest BCUT2D eigenvalue weighted by Crippen LogP contribution is -2.19. The Morgan fingerprint density at radius 3 is 2.58 bits per heavy atom. The zero-order valence-electron chi connectivity index (χ0n) is 6.90. The molecule has 0 rings (SSSR count). The number of carboxylic acids is 1. The molecule has 0 fully saturated rings. The zero-order chi connectivity index (χ0) is 9.56. The molecule has 2 atom stereocenters. The molecule has 0 radical (unpaired) electrons. The van der Waals surface area contributed by atoms with Crippen LogP contribution in [0.2, 0.25) is 0 Å². The van der Waals surface area contributed by atoms with E-state index in [9.17, 15) is 9.90 Å². The van der Waals surface area contributed by atoms with Crippen molar-refractivity contribution in [2.24, 2.45) is 5.92 Å². The Bertz CT molecular complexity index is 168. The fraction of sp³-hybridized carbons (Fsp3) is 0.625. The minimum absolute atomic E-state index is 0.127. The lowest BCUT2D eigenvalue weighted by Gasteiger charge is -2.14. The summed E-state index contributed by atoms with van der Waals surface area (Å²) in [4.78, 5) is 10.1. The Kier molecular flexibility index (Phi) is 5.76. The summed E-state index contributed by atoms with van der Waals surface area (Å²) in [5.74, 6) is -1.04. The van der Waals surface area contributed by atoms with Crippen molar-refractivity contribution in [1.29, 1.82) is 0 Å². The molecule has 0 amide bonds. The maximum absolute atomic E-state index is 10.1. The molecule has 0 saturated heterocycles. The molecule has 0 aromatic heterocycles. The maximum Gasteiger partial charge on any atom is 0.327 e. The van der Waals surface area contributed by atoms with Gasteiger partial charge in [-0.1, -0.05) is 13.0 Å². The summed E-state index contributed by atoms with van der Waals surface area (Å²) in [7, 11) is 0. The molecule has 2 unspecified atom stereocenters. The molecule has 2 N–H and O–H groups in total. The highest BCUT2D eigenvalue weighted by Crippen LogP contribution is 2.11. The van der Waals surface area contributed by atoms with Gasteiger partial charge in [0.15, 0.2) is 0 Å². The van der Waals surface area contributed by atoms with Gasteiger partial charge in [0.25, 0.3) is 0 Å². The summed E-state index contributed by atoms with van der Waals surface area (Å²) >= 11 is 5.41. The van der Waals surface area contributed by atoms with Gasteiger partial charge in [0.2, 0.25) is 0 Å². The van der Waals surface area contributed by atoms with Crippen molar-refractivity contribution in [2.75, 3.05) is 5.88 Å². The van der Waals surface area contributed by atoms with E-state index < -0.39 is 12.1 Å². The highest BCUT2D eigenvalue weighted by Gasteiger charge is 2.12. The number of aliphatic carboxylic acids is 1. The molecule has 3 nitrogen and oxygen atoms in total. The average Bonchev–Trinajstić information content (AvgIpc) is 2.04. The van der Waals surface area contributed by atoms with Crippen LogP contribution in [0.3, 0.4) is 0 Å². The summed E-state index contributed by atoms with van der Waals surface area (Å²) < 4.78 is 0. The van der Waals surface area contributed by atoms with Crippen LogP contribution in [0, 0.1) is 5.92 Å². The molecule has 0 bridgehead atoms. The van der Waals surface area contributed by atoms with Crippen LogP contribution in [0.5, 0.6) is 0 Å². The van der Waals surface area contributed by atoms with Crippen molar-refractivity contribution in [2.45, 2.75) is 19.4 Å². The molecular formula is C8H13ClO3. The van der Waals surface area contributed by atoms with Crippen molar-refractivity contribution in [3.05, 3.63) is 12.2 Å². The predicted molar refractivity (Wildman–Crippen MR) is 47.3 cm³/mol. The van der Waals surface area contributed by atoms with Crippen LogP contribution >= 0.6 is 11.6 Å². The summed E-state index contributed by atoms with van der Waals surface area (Å²) in [6.45, 7) is 1.87. The topological polar surface area (TPSA) is 57.5 Å². The Labute approximate surface area is 76.7 Å². The second-order valence-electron chi connectivity index (χ2n) is 2.49. The van der Waals surface area contributed by atoms with E-state index in [-0.39, 0.29) is 11.8 Å². The molecule has 0 aromatic carbocycles. The number of halogens is 1. The Balaban J connectivity index is 4.07. The predicted octanol–water partition coefficient (Wildman–Crippen LogP) is 1.25. The largest absolute Gasteiger partial charge is 0.478 e.